The zero-order valence-electron chi connectivity index (χ0n) is 12.0. The van der Waals surface area contributed by atoms with E-state index in [1.165, 1.54) is 5.56 Å². The lowest BCUT2D eigenvalue weighted by molar-refractivity contribution is 0.129. The van der Waals surface area contributed by atoms with E-state index in [1.807, 2.05) is 18.2 Å². The van der Waals surface area contributed by atoms with Crippen LogP contribution in [0.25, 0.3) is 0 Å². The molecule has 0 aliphatic heterocycles. The van der Waals surface area contributed by atoms with Crippen LogP contribution in [0, 0.1) is 0 Å². The summed E-state index contributed by atoms with van der Waals surface area (Å²) < 4.78 is 10.2. The summed E-state index contributed by atoms with van der Waals surface area (Å²) in [7, 11) is 3.46. The number of rotatable bonds is 10. The summed E-state index contributed by atoms with van der Waals surface area (Å²) in [6.45, 7) is 4.24. The topological polar surface area (TPSA) is 47.7 Å². The maximum atomic E-state index is 6.26. The summed E-state index contributed by atoms with van der Waals surface area (Å²) in [6.07, 6.45) is 1.02. The Hall–Kier alpha value is -0.940. The van der Waals surface area contributed by atoms with Gasteiger partial charge in [0.15, 0.2) is 0 Å². The first-order valence-electron chi connectivity index (χ1n) is 6.78. The normalized spacial score (nSPS) is 12.8. The highest BCUT2D eigenvalue weighted by Crippen LogP contribution is 2.11. The first-order valence-corrected chi connectivity index (χ1v) is 6.78. The lowest BCUT2D eigenvalue weighted by Gasteiger charge is -2.25. The van der Waals surface area contributed by atoms with Crippen molar-refractivity contribution in [3.8, 4) is 0 Å². The summed E-state index contributed by atoms with van der Waals surface area (Å²) >= 11 is 0. The Bertz CT molecular complexity index is 319. The van der Waals surface area contributed by atoms with Crippen LogP contribution in [0.3, 0.4) is 0 Å². The van der Waals surface area contributed by atoms with Crippen molar-refractivity contribution in [1.82, 2.24) is 4.90 Å². The van der Waals surface area contributed by atoms with Gasteiger partial charge in [0, 0.05) is 46.5 Å². The van der Waals surface area contributed by atoms with Crippen molar-refractivity contribution in [3.63, 3.8) is 0 Å². The molecule has 19 heavy (non-hydrogen) atoms. The number of benzene rings is 1. The molecule has 0 saturated heterocycles. The van der Waals surface area contributed by atoms with Gasteiger partial charge in [0.05, 0.1) is 6.61 Å². The molecule has 1 atom stereocenters. The van der Waals surface area contributed by atoms with Crippen molar-refractivity contribution in [1.29, 1.82) is 0 Å². The fraction of sp³-hybridized carbons (Fsp3) is 0.600. The highest BCUT2D eigenvalue weighted by Gasteiger charge is 2.11. The van der Waals surface area contributed by atoms with Gasteiger partial charge in [-0.3, -0.25) is 4.90 Å². The van der Waals surface area contributed by atoms with Gasteiger partial charge in [-0.25, -0.2) is 0 Å². The fourth-order valence-corrected chi connectivity index (χ4v) is 2.03. The molecule has 0 aliphatic rings. The summed E-state index contributed by atoms with van der Waals surface area (Å²) in [5.41, 5.74) is 7.44. The van der Waals surface area contributed by atoms with Gasteiger partial charge in [-0.1, -0.05) is 30.3 Å². The van der Waals surface area contributed by atoms with Crippen LogP contribution < -0.4 is 5.73 Å². The maximum Gasteiger partial charge on any atom is 0.0589 e. The van der Waals surface area contributed by atoms with E-state index >= 15 is 0 Å². The van der Waals surface area contributed by atoms with Gasteiger partial charge in [0.2, 0.25) is 0 Å². The van der Waals surface area contributed by atoms with E-state index in [2.05, 4.69) is 17.0 Å². The van der Waals surface area contributed by atoms with Crippen LogP contribution in [0.4, 0.5) is 0 Å². The lowest BCUT2D eigenvalue weighted by atomic mass is 10.1. The van der Waals surface area contributed by atoms with Gasteiger partial charge in [-0.2, -0.15) is 0 Å². The number of methoxy groups -OCH3 is 2. The molecule has 4 heteroatoms. The number of hydrogen-bond donors (Lipinski definition) is 1. The first-order chi connectivity index (χ1) is 9.27. The van der Waals surface area contributed by atoms with Crippen LogP contribution in [-0.4, -0.2) is 52.0 Å². The van der Waals surface area contributed by atoms with Crippen molar-refractivity contribution in [3.05, 3.63) is 35.9 Å². The minimum Gasteiger partial charge on any atom is -0.385 e. The van der Waals surface area contributed by atoms with Crippen LogP contribution in [0.1, 0.15) is 18.0 Å². The predicted molar refractivity (Wildman–Crippen MR) is 78.2 cm³/mol. The molecule has 0 aromatic heterocycles. The molecule has 1 rings (SSSR count). The summed E-state index contributed by atoms with van der Waals surface area (Å²) in [5, 5.41) is 0. The number of ether oxygens (including phenoxy) is 2. The third-order valence-corrected chi connectivity index (χ3v) is 3.12. The molecule has 1 aromatic carbocycles. The minimum absolute atomic E-state index is 0.0422. The molecule has 0 radical (unpaired) electrons. The monoisotopic (exact) mass is 266 g/mol. The molecule has 108 valence electrons. The molecule has 4 nitrogen and oxygen atoms in total. The van der Waals surface area contributed by atoms with Crippen molar-refractivity contribution in [2.45, 2.75) is 12.5 Å². The van der Waals surface area contributed by atoms with E-state index in [0.29, 0.717) is 0 Å². The van der Waals surface area contributed by atoms with E-state index < -0.39 is 0 Å². The van der Waals surface area contributed by atoms with Gasteiger partial charge in [0.25, 0.3) is 0 Å². The average molecular weight is 266 g/mol. The molecular formula is C15H26N2O2. The second kappa shape index (κ2) is 9.92. The van der Waals surface area contributed by atoms with Crippen molar-refractivity contribution in [2.24, 2.45) is 5.73 Å². The molecule has 0 aliphatic carbocycles. The SMILES string of the molecule is COCCCN(CCOC)CC(N)c1ccccc1. The highest BCUT2D eigenvalue weighted by molar-refractivity contribution is 5.18. The van der Waals surface area contributed by atoms with Gasteiger partial charge < -0.3 is 15.2 Å². The van der Waals surface area contributed by atoms with Crippen LogP contribution in [-0.2, 0) is 9.47 Å². The number of hydrogen-bond acceptors (Lipinski definition) is 4. The molecule has 0 heterocycles. The van der Waals surface area contributed by atoms with Gasteiger partial charge in [0.1, 0.15) is 0 Å². The molecule has 0 saturated carbocycles. The summed E-state index contributed by atoms with van der Waals surface area (Å²) in [4.78, 5) is 2.33. The van der Waals surface area contributed by atoms with Crippen molar-refractivity contribution in [2.75, 3.05) is 47.1 Å². The Morgan fingerprint density at radius 3 is 2.37 bits per heavy atom. The van der Waals surface area contributed by atoms with Crippen LogP contribution in [0.5, 0.6) is 0 Å². The van der Waals surface area contributed by atoms with Crippen LogP contribution in [0.15, 0.2) is 30.3 Å². The zero-order valence-corrected chi connectivity index (χ0v) is 12.0. The summed E-state index contributed by atoms with van der Waals surface area (Å²) in [6, 6.07) is 10.3. The number of nitrogens with zero attached hydrogens (tertiary/aromatic N) is 1. The van der Waals surface area contributed by atoms with E-state index in [-0.39, 0.29) is 6.04 Å². The van der Waals surface area contributed by atoms with E-state index in [4.69, 9.17) is 15.2 Å². The lowest BCUT2D eigenvalue weighted by Crippen LogP contribution is -2.35. The van der Waals surface area contributed by atoms with Crippen LogP contribution in [0.2, 0.25) is 0 Å². The predicted octanol–water partition coefficient (Wildman–Crippen LogP) is 1.67. The summed E-state index contributed by atoms with van der Waals surface area (Å²) in [5.74, 6) is 0. The Morgan fingerprint density at radius 1 is 1.05 bits per heavy atom. The fourth-order valence-electron chi connectivity index (χ4n) is 2.03. The second-order valence-electron chi connectivity index (χ2n) is 4.66. The van der Waals surface area contributed by atoms with E-state index in [1.54, 1.807) is 14.2 Å². The van der Waals surface area contributed by atoms with Gasteiger partial charge >= 0.3 is 0 Å². The number of nitrogens with two attached hydrogens (primary N) is 1. The Balaban J connectivity index is 2.45. The standard InChI is InChI=1S/C15H26N2O2/c1-18-11-6-9-17(10-12-19-2)13-15(16)14-7-4-3-5-8-14/h3-5,7-8,15H,6,9-13,16H2,1-2H3. The largest absolute Gasteiger partial charge is 0.385 e. The van der Waals surface area contributed by atoms with E-state index in [9.17, 15) is 0 Å². The van der Waals surface area contributed by atoms with Crippen LogP contribution >= 0.6 is 0 Å². The maximum absolute atomic E-state index is 6.26. The third kappa shape index (κ3) is 6.68. The highest BCUT2D eigenvalue weighted by atomic mass is 16.5. The Kier molecular flexibility index (Phi) is 8.41. The molecule has 0 spiro atoms. The minimum atomic E-state index is 0.0422. The Morgan fingerprint density at radius 2 is 1.74 bits per heavy atom. The molecule has 2 N–H and O–H groups in total. The Labute approximate surface area is 116 Å². The molecular weight excluding hydrogens is 240 g/mol. The van der Waals surface area contributed by atoms with Gasteiger partial charge in [-0.05, 0) is 12.0 Å². The second-order valence-corrected chi connectivity index (χ2v) is 4.66. The van der Waals surface area contributed by atoms with Gasteiger partial charge in [-0.15, -0.1) is 0 Å². The van der Waals surface area contributed by atoms with E-state index in [0.717, 1.165) is 39.3 Å². The van der Waals surface area contributed by atoms with Crippen molar-refractivity contribution < 1.29 is 9.47 Å². The first kappa shape index (κ1) is 16.1. The third-order valence-electron chi connectivity index (χ3n) is 3.12. The molecule has 1 unspecified atom stereocenters. The molecule has 0 fully saturated rings. The zero-order chi connectivity index (χ0) is 13.9. The molecule has 0 amide bonds. The van der Waals surface area contributed by atoms with Crippen molar-refractivity contribution >= 4 is 0 Å². The molecule has 0 bridgehead atoms. The quantitative estimate of drug-likeness (QED) is 0.654. The molecule has 1 aromatic rings. The smallest absolute Gasteiger partial charge is 0.0589 e. The average Bonchev–Trinajstić information content (AvgIpc) is 2.45.